The Labute approximate surface area is 147 Å². The van der Waals surface area contributed by atoms with Crippen molar-refractivity contribution in [1.29, 1.82) is 0 Å². The Kier molecular flexibility index (Phi) is 8.02. The molecular weight excluding hydrogens is 330 g/mol. The Hall–Kier alpha value is -1.28. The van der Waals surface area contributed by atoms with Gasteiger partial charge in [-0.25, -0.2) is 8.78 Å². The lowest BCUT2D eigenvalue weighted by atomic mass is 9.96. The molecule has 1 aliphatic rings. The van der Waals surface area contributed by atoms with Gasteiger partial charge in [-0.2, -0.15) is 0 Å². The first-order chi connectivity index (χ1) is 12.0. The van der Waals surface area contributed by atoms with E-state index in [0.29, 0.717) is 19.5 Å². The molecule has 0 amide bonds. The van der Waals surface area contributed by atoms with Gasteiger partial charge in [-0.3, -0.25) is 4.90 Å². The summed E-state index contributed by atoms with van der Waals surface area (Å²) in [6.07, 6.45) is 2.55. The summed E-state index contributed by atoms with van der Waals surface area (Å²) in [5.41, 5.74) is 0.187. The predicted octanol–water partition coefficient (Wildman–Crippen LogP) is 1.73. The fourth-order valence-electron chi connectivity index (χ4n) is 3.26. The minimum Gasteiger partial charge on any atom is -0.395 e. The zero-order chi connectivity index (χ0) is 18.2. The Bertz CT molecular complexity index is 533. The number of hydrogen-bond donors (Lipinski definition) is 4. The van der Waals surface area contributed by atoms with Crippen molar-refractivity contribution in [3.05, 3.63) is 29.8 Å². The second-order valence-electron chi connectivity index (χ2n) is 6.60. The minimum atomic E-state index is -0.899. The van der Waals surface area contributed by atoms with E-state index in [4.69, 9.17) is 0 Å². The topological polar surface area (TPSA) is 76.0 Å². The number of likely N-dealkylation sites (tertiary alicyclic amines) is 1. The van der Waals surface area contributed by atoms with Gasteiger partial charge in [-0.05, 0) is 44.0 Å². The number of nitrogens with zero attached hydrogens (tertiary/aromatic N) is 1. The minimum absolute atomic E-state index is 0.165. The van der Waals surface area contributed by atoms with Crippen LogP contribution in [0.1, 0.15) is 32.1 Å². The Morgan fingerprint density at radius 2 is 1.88 bits per heavy atom. The number of aliphatic hydroxyl groups is 3. The van der Waals surface area contributed by atoms with Crippen molar-refractivity contribution in [1.82, 2.24) is 4.90 Å². The third kappa shape index (κ3) is 5.88. The lowest BCUT2D eigenvalue weighted by Crippen LogP contribution is -2.56. The molecule has 5 nitrogen and oxygen atoms in total. The molecule has 4 N–H and O–H groups in total. The van der Waals surface area contributed by atoms with Crippen LogP contribution in [0.4, 0.5) is 14.5 Å². The summed E-state index contributed by atoms with van der Waals surface area (Å²) < 4.78 is 26.5. The van der Waals surface area contributed by atoms with Crippen LogP contribution in [-0.4, -0.2) is 64.7 Å². The normalized spacial score (nSPS) is 24.4. The highest BCUT2D eigenvalue weighted by molar-refractivity contribution is 5.44. The van der Waals surface area contributed by atoms with Crippen LogP contribution >= 0.6 is 0 Å². The Balaban J connectivity index is 1.59. The van der Waals surface area contributed by atoms with Crippen LogP contribution in [0.2, 0.25) is 0 Å². The van der Waals surface area contributed by atoms with Crippen LogP contribution in [0, 0.1) is 11.6 Å². The number of aliphatic hydroxyl groups excluding tert-OH is 3. The SMILES string of the molecule is OCC1C(O)C(O)CCN1CCCCCCNc1cc(F)ccc1F. The summed E-state index contributed by atoms with van der Waals surface area (Å²) in [5, 5.41) is 31.9. The fraction of sp³-hybridized carbons (Fsp3) is 0.667. The molecule has 0 aromatic heterocycles. The van der Waals surface area contributed by atoms with Crippen molar-refractivity contribution in [2.45, 2.75) is 50.4 Å². The fourth-order valence-corrected chi connectivity index (χ4v) is 3.26. The lowest BCUT2D eigenvalue weighted by Gasteiger charge is -2.40. The van der Waals surface area contributed by atoms with Gasteiger partial charge in [0.1, 0.15) is 11.6 Å². The lowest BCUT2D eigenvalue weighted by molar-refractivity contribution is -0.0896. The molecule has 1 fully saturated rings. The first kappa shape index (κ1) is 20.0. The molecule has 1 saturated heterocycles. The number of benzene rings is 1. The van der Waals surface area contributed by atoms with E-state index in [9.17, 15) is 24.1 Å². The monoisotopic (exact) mass is 358 g/mol. The molecule has 0 spiro atoms. The largest absolute Gasteiger partial charge is 0.395 e. The second kappa shape index (κ2) is 10.0. The number of nitrogens with one attached hydrogen (secondary N) is 1. The number of rotatable bonds is 9. The van der Waals surface area contributed by atoms with Crippen molar-refractivity contribution < 1.29 is 24.1 Å². The smallest absolute Gasteiger partial charge is 0.146 e. The molecule has 3 unspecified atom stereocenters. The molecule has 1 aromatic rings. The number of hydrogen-bond acceptors (Lipinski definition) is 5. The molecule has 25 heavy (non-hydrogen) atoms. The van der Waals surface area contributed by atoms with Gasteiger partial charge in [0.15, 0.2) is 0 Å². The van der Waals surface area contributed by atoms with E-state index in [1.165, 1.54) is 0 Å². The van der Waals surface area contributed by atoms with E-state index in [1.54, 1.807) is 0 Å². The van der Waals surface area contributed by atoms with E-state index < -0.39 is 29.9 Å². The van der Waals surface area contributed by atoms with Gasteiger partial charge in [0.25, 0.3) is 0 Å². The summed E-state index contributed by atoms with van der Waals surface area (Å²) in [5.74, 6) is -0.918. The molecule has 0 bridgehead atoms. The number of anilines is 1. The van der Waals surface area contributed by atoms with E-state index >= 15 is 0 Å². The summed E-state index contributed by atoms with van der Waals surface area (Å²) in [7, 11) is 0. The molecule has 7 heteroatoms. The highest BCUT2D eigenvalue weighted by Gasteiger charge is 2.34. The van der Waals surface area contributed by atoms with E-state index in [-0.39, 0.29) is 12.3 Å². The predicted molar refractivity (Wildman–Crippen MR) is 92.4 cm³/mol. The number of halogens is 2. The highest BCUT2D eigenvalue weighted by atomic mass is 19.1. The van der Waals surface area contributed by atoms with Crippen LogP contribution in [0.5, 0.6) is 0 Å². The first-order valence-corrected chi connectivity index (χ1v) is 8.93. The summed E-state index contributed by atoms with van der Waals surface area (Å²) in [4.78, 5) is 2.03. The van der Waals surface area contributed by atoms with Crippen molar-refractivity contribution in [3.8, 4) is 0 Å². The average Bonchev–Trinajstić information content (AvgIpc) is 2.60. The Morgan fingerprint density at radius 3 is 2.64 bits per heavy atom. The summed E-state index contributed by atoms with van der Waals surface area (Å²) >= 11 is 0. The van der Waals surface area contributed by atoms with Gasteiger partial charge >= 0.3 is 0 Å². The van der Waals surface area contributed by atoms with Crippen LogP contribution in [0.15, 0.2) is 18.2 Å². The molecule has 142 valence electrons. The molecule has 2 rings (SSSR count). The number of unbranched alkanes of at least 4 members (excludes halogenated alkanes) is 3. The van der Waals surface area contributed by atoms with Crippen molar-refractivity contribution in [2.75, 3.05) is 31.6 Å². The molecule has 1 heterocycles. The van der Waals surface area contributed by atoms with Gasteiger partial charge in [0, 0.05) is 13.1 Å². The number of piperidine rings is 1. The average molecular weight is 358 g/mol. The molecular formula is C18H28F2N2O3. The second-order valence-corrected chi connectivity index (χ2v) is 6.60. The van der Waals surface area contributed by atoms with Crippen molar-refractivity contribution >= 4 is 5.69 Å². The molecule has 0 saturated carbocycles. The summed E-state index contributed by atoms with van der Waals surface area (Å²) in [6, 6.07) is 2.96. The van der Waals surface area contributed by atoms with Gasteiger partial charge in [0.05, 0.1) is 30.5 Å². The van der Waals surface area contributed by atoms with Crippen molar-refractivity contribution in [3.63, 3.8) is 0 Å². The quantitative estimate of drug-likeness (QED) is 0.506. The van der Waals surface area contributed by atoms with Crippen LogP contribution < -0.4 is 5.32 Å². The molecule has 0 aliphatic carbocycles. The molecule has 1 aromatic carbocycles. The van der Waals surface area contributed by atoms with Crippen LogP contribution in [0.25, 0.3) is 0 Å². The molecule has 1 aliphatic heterocycles. The maximum atomic E-state index is 13.4. The standard InChI is InChI=1S/C18H28F2N2O3/c19-13-5-6-14(20)15(11-13)21-8-3-1-2-4-9-22-10-7-17(24)18(25)16(22)12-23/h5-6,11,16-18,21,23-25H,1-4,7-10,12H2. The zero-order valence-electron chi connectivity index (χ0n) is 14.4. The van der Waals surface area contributed by atoms with E-state index in [0.717, 1.165) is 50.4 Å². The van der Waals surface area contributed by atoms with Crippen molar-refractivity contribution in [2.24, 2.45) is 0 Å². The van der Waals surface area contributed by atoms with E-state index in [2.05, 4.69) is 5.32 Å². The molecule has 0 radical (unpaired) electrons. The van der Waals surface area contributed by atoms with Gasteiger partial charge in [-0.1, -0.05) is 12.8 Å². The van der Waals surface area contributed by atoms with Crippen LogP contribution in [-0.2, 0) is 0 Å². The van der Waals surface area contributed by atoms with Gasteiger partial charge in [0.2, 0.25) is 0 Å². The zero-order valence-corrected chi connectivity index (χ0v) is 14.4. The first-order valence-electron chi connectivity index (χ1n) is 8.93. The van der Waals surface area contributed by atoms with Gasteiger partial charge in [-0.15, -0.1) is 0 Å². The van der Waals surface area contributed by atoms with E-state index in [1.807, 2.05) is 4.90 Å². The third-order valence-electron chi connectivity index (χ3n) is 4.77. The Morgan fingerprint density at radius 1 is 1.12 bits per heavy atom. The highest BCUT2D eigenvalue weighted by Crippen LogP contribution is 2.19. The van der Waals surface area contributed by atoms with Crippen LogP contribution in [0.3, 0.4) is 0 Å². The van der Waals surface area contributed by atoms with Gasteiger partial charge < -0.3 is 20.6 Å². The maximum Gasteiger partial charge on any atom is 0.146 e. The maximum absolute atomic E-state index is 13.4. The molecule has 3 atom stereocenters. The summed E-state index contributed by atoms with van der Waals surface area (Å²) in [6.45, 7) is 1.85. The third-order valence-corrected chi connectivity index (χ3v) is 4.77.